The summed E-state index contributed by atoms with van der Waals surface area (Å²) in [4.78, 5) is 36.6. The van der Waals surface area contributed by atoms with Crippen LogP contribution < -0.4 is 15.8 Å². The van der Waals surface area contributed by atoms with Crippen LogP contribution in [0.3, 0.4) is 0 Å². The molecule has 0 radical (unpaired) electrons. The van der Waals surface area contributed by atoms with E-state index in [1.54, 1.807) is 13.8 Å². The Morgan fingerprint density at radius 1 is 1.45 bits per heavy atom. The van der Waals surface area contributed by atoms with Crippen LogP contribution in [0.15, 0.2) is 9.79 Å². The molecule has 1 aromatic heterocycles. The predicted molar refractivity (Wildman–Crippen MR) is 121 cm³/mol. The fourth-order valence-corrected chi connectivity index (χ4v) is 4.63. The van der Waals surface area contributed by atoms with E-state index in [1.165, 1.54) is 6.34 Å². The molecule has 0 spiro atoms. The van der Waals surface area contributed by atoms with Gasteiger partial charge in [0.1, 0.15) is 6.10 Å². The number of carbonyl (C=O) groups excluding carboxylic acids is 1. The Balaban J connectivity index is 1.94. The number of aliphatic hydroxyl groups excluding tert-OH is 1. The zero-order chi connectivity index (χ0) is 23.4. The first-order chi connectivity index (χ1) is 14.2. The maximum absolute atomic E-state index is 13.4. The number of nitrogens with two attached hydrogens (primary N) is 1. The smallest absolute Gasteiger partial charge is 0.330 e. The van der Waals surface area contributed by atoms with E-state index in [0.717, 1.165) is 0 Å². The zero-order valence-electron chi connectivity index (χ0n) is 19.3. The van der Waals surface area contributed by atoms with Gasteiger partial charge in [0.25, 0.3) is 11.4 Å². The molecule has 0 aromatic carbocycles. The van der Waals surface area contributed by atoms with Gasteiger partial charge in [-0.05, 0) is 32.0 Å². The number of aromatic nitrogens is 2. The molecule has 1 aromatic rings. The summed E-state index contributed by atoms with van der Waals surface area (Å²) in [6, 6.07) is 0. The molecule has 1 saturated heterocycles. The van der Waals surface area contributed by atoms with Crippen LogP contribution in [0.1, 0.15) is 41.0 Å². The molecule has 2 aliphatic rings. The second-order valence-corrected chi connectivity index (χ2v) is 15.0. The van der Waals surface area contributed by atoms with Crippen LogP contribution in [0.25, 0.3) is 0 Å². The van der Waals surface area contributed by atoms with Gasteiger partial charge < -0.3 is 20.0 Å². The summed E-state index contributed by atoms with van der Waals surface area (Å²) in [7, 11) is -2.05. The molecule has 3 rings (SSSR count). The molecule has 4 atom stereocenters. The standard InChI is InChI=1S/C20H33N5O5Si/c1-11(2)18(28)25(10-22-15-16(25)23-19(21)24-17(15)27)14-8-12(26)13(30-14)9-29-31(6,7)20(3,4)5/h10-14,26H,8-9H2,1-7H3,(H2-,21,23,24,27)/p+1/t12-,13+,14+,25?/m0/s1. The van der Waals surface area contributed by atoms with Crippen molar-refractivity contribution in [2.75, 3.05) is 12.3 Å². The predicted octanol–water partition coefficient (Wildman–Crippen LogP) is 2.01. The lowest BCUT2D eigenvalue weighted by molar-refractivity contribution is -0.139. The number of fused-ring (bicyclic) bond motifs is 1. The number of hydrogen-bond donors (Lipinski definition) is 3. The molecule has 3 heterocycles. The van der Waals surface area contributed by atoms with Crippen LogP contribution in [0.4, 0.5) is 17.5 Å². The number of nitrogens with zero attached hydrogens (tertiary/aromatic N) is 3. The number of aliphatic imine (C=N–C) groups is 1. The lowest BCUT2D eigenvalue weighted by Crippen LogP contribution is -2.61. The number of H-pyrrole nitrogens is 1. The minimum absolute atomic E-state index is 0.0143. The third-order valence-corrected chi connectivity index (χ3v) is 11.0. The number of nitrogen functional groups attached to an aromatic ring is 1. The molecule has 0 bridgehead atoms. The van der Waals surface area contributed by atoms with E-state index in [4.69, 9.17) is 14.9 Å². The van der Waals surface area contributed by atoms with Crippen molar-refractivity contribution in [3.63, 3.8) is 0 Å². The zero-order valence-corrected chi connectivity index (χ0v) is 20.3. The molecule has 1 amide bonds. The highest BCUT2D eigenvalue weighted by atomic mass is 28.4. The van der Waals surface area contributed by atoms with Gasteiger partial charge in [-0.2, -0.15) is 9.98 Å². The van der Waals surface area contributed by atoms with Crippen molar-refractivity contribution in [2.24, 2.45) is 10.9 Å². The van der Waals surface area contributed by atoms with E-state index in [1.807, 2.05) is 0 Å². The van der Waals surface area contributed by atoms with E-state index in [-0.39, 0.29) is 41.4 Å². The number of quaternary nitrogens is 1. The summed E-state index contributed by atoms with van der Waals surface area (Å²) in [5.74, 6) is -0.626. The molecule has 1 fully saturated rings. The van der Waals surface area contributed by atoms with Crippen LogP contribution >= 0.6 is 0 Å². The van der Waals surface area contributed by atoms with Gasteiger partial charge in [-0.3, -0.25) is 9.78 Å². The molecule has 172 valence electrons. The number of hydrogen-bond acceptors (Lipinski definition) is 8. The monoisotopic (exact) mass is 452 g/mol. The summed E-state index contributed by atoms with van der Waals surface area (Å²) in [6.07, 6.45) is -0.684. The first-order valence-electron chi connectivity index (χ1n) is 10.6. The van der Waals surface area contributed by atoms with Crippen molar-refractivity contribution in [2.45, 2.75) is 77.6 Å². The van der Waals surface area contributed by atoms with Crippen molar-refractivity contribution in [1.82, 2.24) is 14.5 Å². The highest BCUT2D eigenvalue weighted by Crippen LogP contribution is 2.42. The quantitative estimate of drug-likeness (QED) is 0.458. The Hall–Kier alpha value is -1.92. The SMILES string of the molecule is CC(C)C(=O)[N+]1([C@H]2C[C@H](O)[C@@H](CO[Si](C)(C)C(C)(C)C)O2)C=Nc2c1nc(N)[nH]c2=O. The van der Waals surface area contributed by atoms with Gasteiger partial charge in [0.15, 0.2) is 8.32 Å². The number of aliphatic hydroxyl groups is 1. The first kappa shape index (κ1) is 23.7. The second-order valence-electron chi connectivity index (χ2n) is 10.1. The van der Waals surface area contributed by atoms with Gasteiger partial charge in [0, 0.05) is 0 Å². The van der Waals surface area contributed by atoms with Crippen LogP contribution in [0, 0.1) is 5.92 Å². The summed E-state index contributed by atoms with van der Waals surface area (Å²) in [5.41, 5.74) is 5.28. The normalized spacial score (nSPS) is 28.4. The average molecular weight is 453 g/mol. The first-order valence-corrected chi connectivity index (χ1v) is 13.5. The number of anilines is 1. The van der Waals surface area contributed by atoms with Crippen molar-refractivity contribution in [1.29, 1.82) is 0 Å². The minimum Gasteiger partial charge on any atom is -0.414 e. The minimum atomic E-state index is -2.05. The van der Waals surface area contributed by atoms with Crippen molar-refractivity contribution >= 4 is 38.0 Å². The third-order valence-electron chi connectivity index (χ3n) is 6.55. The van der Waals surface area contributed by atoms with E-state index in [2.05, 4.69) is 48.8 Å². The number of aromatic amines is 1. The number of amides is 1. The fourth-order valence-electron chi connectivity index (χ4n) is 3.62. The van der Waals surface area contributed by atoms with Gasteiger partial charge in [-0.25, -0.2) is 4.79 Å². The summed E-state index contributed by atoms with van der Waals surface area (Å²) < 4.78 is 11.9. The van der Waals surface area contributed by atoms with Gasteiger partial charge in [0.05, 0.1) is 25.0 Å². The average Bonchev–Trinajstić information content (AvgIpc) is 3.20. The number of carbonyl (C=O) groups is 1. The maximum atomic E-state index is 13.4. The lowest BCUT2D eigenvalue weighted by atomic mass is 10.1. The number of nitrogens with one attached hydrogen (secondary N) is 1. The van der Waals surface area contributed by atoms with Gasteiger partial charge in [-0.1, -0.05) is 20.8 Å². The maximum Gasteiger partial charge on any atom is 0.330 e. The molecule has 31 heavy (non-hydrogen) atoms. The highest BCUT2D eigenvalue weighted by Gasteiger charge is 2.58. The number of ether oxygens (including phenoxy) is 1. The van der Waals surface area contributed by atoms with Crippen LogP contribution in [0.2, 0.25) is 18.1 Å². The lowest BCUT2D eigenvalue weighted by Gasteiger charge is -2.37. The molecule has 11 heteroatoms. The molecule has 2 aliphatic heterocycles. The Morgan fingerprint density at radius 2 is 2.10 bits per heavy atom. The van der Waals surface area contributed by atoms with Crippen molar-refractivity contribution in [3.05, 3.63) is 10.4 Å². The molecule has 0 aliphatic carbocycles. The Labute approximate surface area is 183 Å². The third kappa shape index (κ3) is 4.00. The van der Waals surface area contributed by atoms with Crippen LogP contribution in [-0.2, 0) is 14.0 Å². The van der Waals surface area contributed by atoms with Gasteiger partial charge in [-0.15, -0.1) is 4.48 Å². The Kier molecular flexibility index (Phi) is 6.04. The number of rotatable bonds is 5. The molecule has 1 unspecified atom stereocenters. The topological polar surface area (TPSA) is 140 Å². The van der Waals surface area contributed by atoms with E-state index in [0.29, 0.717) is 0 Å². The van der Waals surface area contributed by atoms with E-state index >= 15 is 0 Å². The molecular formula is C20H34N5O5Si+. The van der Waals surface area contributed by atoms with Crippen LogP contribution in [0.5, 0.6) is 0 Å². The van der Waals surface area contributed by atoms with Crippen molar-refractivity contribution < 1.29 is 19.1 Å². The highest BCUT2D eigenvalue weighted by molar-refractivity contribution is 6.74. The van der Waals surface area contributed by atoms with Gasteiger partial charge in [0.2, 0.25) is 24.2 Å². The van der Waals surface area contributed by atoms with Gasteiger partial charge >= 0.3 is 5.91 Å². The largest absolute Gasteiger partial charge is 0.414 e. The molecule has 0 saturated carbocycles. The van der Waals surface area contributed by atoms with E-state index < -0.39 is 42.7 Å². The second kappa shape index (κ2) is 7.89. The van der Waals surface area contributed by atoms with Crippen LogP contribution in [-0.4, -0.2) is 60.7 Å². The molecule has 4 N–H and O–H groups in total. The Morgan fingerprint density at radius 3 is 2.68 bits per heavy atom. The molecular weight excluding hydrogens is 418 g/mol. The fraction of sp³-hybridized carbons (Fsp3) is 0.700. The molecule has 10 nitrogen and oxygen atoms in total. The van der Waals surface area contributed by atoms with E-state index in [9.17, 15) is 14.7 Å². The summed E-state index contributed by atoms with van der Waals surface area (Å²) in [5, 5.41) is 10.8. The summed E-state index contributed by atoms with van der Waals surface area (Å²) >= 11 is 0. The summed E-state index contributed by atoms with van der Waals surface area (Å²) in [6.45, 7) is 14.4. The van der Waals surface area contributed by atoms with Crippen molar-refractivity contribution in [3.8, 4) is 0 Å². The Bertz CT molecular complexity index is 954.